The molecule has 0 aliphatic heterocycles. The summed E-state index contributed by atoms with van der Waals surface area (Å²) in [5, 5.41) is 3.28. The van der Waals surface area contributed by atoms with Crippen LogP contribution in [0.5, 0.6) is 5.75 Å². The molecular formula is C13H18FNO. The van der Waals surface area contributed by atoms with Crippen molar-refractivity contribution in [2.24, 2.45) is 0 Å². The van der Waals surface area contributed by atoms with E-state index in [2.05, 4.69) is 11.9 Å². The van der Waals surface area contributed by atoms with Crippen LogP contribution in [0.1, 0.15) is 25.5 Å². The van der Waals surface area contributed by atoms with Gasteiger partial charge in [-0.25, -0.2) is 4.39 Å². The Morgan fingerprint density at radius 3 is 2.62 bits per heavy atom. The van der Waals surface area contributed by atoms with Crippen molar-refractivity contribution >= 4 is 0 Å². The van der Waals surface area contributed by atoms with E-state index in [4.69, 9.17) is 4.74 Å². The lowest BCUT2D eigenvalue weighted by Gasteiger charge is -2.18. The summed E-state index contributed by atoms with van der Waals surface area (Å²) >= 11 is 0. The molecule has 0 spiro atoms. The molecule has 2 atom stereocenters. The van der Waals surface area contributed by atoms with Crippen molar-refractivity contribution in [3.8, 4) is 5.75 Å². The van der Waals surface area contributed by atoms with Crippen LogP contribution in [0.25, 0.3) is 0 Å². The van der Waals surface area contributed by atoms with Crippen molar-refractivity contribution in [3.63, 3.8) is 0 Å². The molecule has 2 unspecified atom stereocenters. The molecule has 1 aromatic carbocycles. The third-order valence-corrected chi connectivity index (χ3v) is 2.54. The number of benzene rings is 1. The molecular weight excluding hydrogens is 205 g/mol. The highest BCUT2D eigenvalue weighted by molar-refractivity contribution is 5.30. The molecule has 3 heteroatoms. The molecule has 0 amide bonds. The number of methoxy groups -OCH3 is 1. The number of hydrogen-bond donors (Lipinski definition) is 1. The van der Waals surface area contributed by atoms with Crippen LogP contribution >= 0.6 is 0 Å². The normalized spacial score (nSPS) is 14.2. The fraction of sp³-hybridized carbons (Fsp3) is 0.385. The van der Waals surface area contributed by atoms with Crippen LogP contribution in [-0.2, 0) is 0 Å². The topological polar surface area (TPSA) is 21.3 Å². The Hall–Kier alpha value is -1.35. The van der Waals surface area contributed by atoms with Crippen LogP contribution in [0.3, 0.4) is 0 Å². The summed E-state index contributed by atoms with van der Waals surface area (Å²) in [6.45, 7) is 7.69. The molecule has 0 bridgehead atoms. The zero-order chi connectivity index (χ0) is 12.1. The molecule has 0 heterocycles. The zero-order valence-electron chi connectivity index (χ0n) is 9.96. The fourth-order valence-electron chi connectivity index (χ4n) is 1.51. The van der Waals surface area contributed by atoms with Gasteiger partial charge >= 0.3 is 0 Å². The number of halogens is 1. The zero-order valence-corrected chi connectivity index (χ0v) is 9.96. The van der Waals surface area contributed by atoms with Crippen LogP contribution in [0.2, 0.25) is 0 Å². The standard InChI is InChI=1S/C13H18FNO/c1-5-9(2)15-10(3)11-6-7-13(16-4)12(14)8-11/h5-10,15H,1H2,2-4H3. The van der Waals surface area contributed by atoms with Gasteiger partial charge in [0.05, 0.1) is 7.11 Å². The van der Waals surface area contributed by atoms with Gasteiger partial charge in [-0.15, -0.1) is 6.58 Å². The summed E-state index contributed by atoms with van der Waals surface area (Å²) in [6, 6.07) is 5.26. The smallest absolute Gasteiger partial charge is 0.165 e. The molecule has 0 aliphatic rings. The molecule has 88 valence electrons. The van der Waals surface area contributed by atoms with E-state index in [1.54, 1.807) is 6.07 Å². The van der Waals surface area contributed by atoms with Gasteiger partial charge in [-0.3, -0.25) is 0 Å². The largest absolute Gasteiger partial charge is 0.494 e. The summed E-state index contributed by atoms with van der Waals surface area (Å²) in [4.78, 5) is 0. The highest BCUT2D eigenvalue weighted by Crippen LogP contribution is 2.21. The van der Waals surface area contributed by atoms with Crippen LogP contribution in [0.4, 0.5) is 4.39 Å². The van der Waals surface area contributed by atoms with E-state index in [0.717, 1.165) is 5.56 Å². The Bertz CT molecular complexity index is 365. The molecule has 0 saturated heterocycles. The van der Waals surface area contributed by atoms with E-state index in [9.17, 15) is 4.39 Å². The Morgan fingerprint density at radius 1 is 1.44 bits per heavy atom. The number of rotatable bonds is 5. The summed E-state index contributed by atoms with van der Waals surface area (Å²) in [5.41, 5.74) is 0.895. The summed E-state index contributed by atoms with van der Waals surface area (Å²) < 4.78 is 18.3. The van der Waals surface area contributed by atoms with Gasteiger partial charge in [-0.2, -0.15) is 0 Å². The molecule has 0 aliphatic carbocycles. The van der Waals surface area contributed by atoms with Crippen molar-refractivity contribution in [2.45, 2.75) is 25.9 Å². The van der Waals surface area contributed by atoms with E-state index < -0.39 is 0 Å². The minimum Gasteiger partial charge on any atom is -0.494 e. The summed E-state index contributed by atoms with van der Waals surface area (Å²) in [7, 11) is 1.46. The van der Waals surface area contributed by atoms with Crippen molar-refractivity contribution < 1.29 is 9.13 Å². The van der Waals surface area contributed by atoms with Crippen LogP contribution in [-0.4, -0.2) is 13.2 Å². The van der Waals surface area contributed by atoms with E-state index in [0.29, 0.717) is 0 Å². The quantitative estimate of drug-likeness (QED) is 0.775. The van der Waals surface area contributed by atoms with Gasteiger partial charge < -0.3 is 10.1 Å². The highest BCUT2D eigenvalue weighted by atomic mass is 19.1. The first-order valence-corrected chi connectivity index (χ1v) is 5.30. The third-order valence-electron chi connectivity index (χ3n) is 2.54. The molecule has 0 aromatic heterocycles. The second kappa shape index (κ2) is 5.66. The first-order chi connectivity index (χ1) is 7.58. The SMILES string of the molecule is C=CC(C)NC(C)c1ccc(OC)c(F)c1. The summed E-state index contributed by atoms with van der Waals surface area (Å²) in [5.74, 6) is -0.0624. The second-order valence-electron chi connectivity index (χ2n) is 3.81. The van der Waals surface area contributed by atoms with Gasteiger partial charge in [-0.05, 0) is 31.5 Å². The van der Waals surface area contributed by atoms with Gasteiger partial charge in [0.2, 0.25) is 0 Å². The fourth-order valence-corrected chi connectivity index (χ4v) is 1.51. The number of hydrogen-bond acceptors (Lipinski definition) is 2. The molecule has 0 radical (unpaired) electrons. The number of ether oxygens (including phenoxy) is 1. The van der Waals surface area contributed by atoms with Crippen LogP contribution < -0.4 is 10.1 Å². The Balaban J connectivity index is 2.80. The van der Waals surface area contributed by atoms with Crippen LogP contribution in [0.15, 0.2) is 30.9 Å². The first-order valence-electron chi connectivity index (χ1n) is 5.30. The lowest BCUT2D eigenvalue weighted by Crippen LogP contribution is -2.26. The summed E-state index contributed by atoms with van der Waals surface area (Å²) in [6.07, 6.45) is 1.82. The van der Waals surface area contributed by atoms with Crippen molar-refractivity contribution in [3.05, 3.63) is 42.2 Å². The average molecular weight is 223 g/mol. The van der Waals surface area contributed by atoms with Crippen molar-refractivity contribution in [2.75, 3.05) is 7.11 Å². The molecule has 0 fully saturated rings. The monoisotopic (exact) mass is 223 g/mol. The minimum absolute atomic E-state index is 0.0772. The lowest BCUT2D eigenvalue weighted by atomic mass is 10.1. The third kappa shape index (κ3) is 3.07. The molecule has 1 aromatic rings. The minimum atomic E-state index is -0.333. The maximum atomic E-state index is 13.5. The van der Waals surface area contributed by atoms with Gasteiger partial charge in [-0.1, -0.05) is 12.1 Å². The molecule has 2 nitrogen and oxygen atoms in total. The lowest BCUT2D eigenvalue weighted by molar-refractivity contribution is 0.385. The van der Waals surface area contributed by atoms with Gasteiger partial charge in [0, 0.05) is 12.1 Å². The van der Waals surface area contributed by atoms with E-state index in [1.165, 1.54) is 13.2 Å². The second-order valence-corrected chi connectivity index (χ2v) is 3.81. The van der Waals surface area contributed by atoms with Crippen molar-refractivity contribution in [1.82, 2.24) is 5.32 Å². The first kappa shape index (κ1) is 12.7. The maximum absolute atomic E-state index is 13.5. The average Bonchev–Trinajstić information content (AvgIpc) is 2.28. The molecule has 0 saturated carbocycles. The maximum Gasteiger partial charge on any atom is 0.165 e. The van der Waals surface area contributed by atoms with Gasteiger partial charge in [0.1, 0.15) is 0 Å². The molecule has 16 heavy (non-hydrogen) atoms. The molecule has 1 rings (SSSR count). The highest BCUT2D eigenvalue weighted by Gasteiger charge is 2.10. The van der Waals surface area contributed by atoms with Crippen LogP contribution in [0, 0.1) is 5.82 Å². The van der Waals surface area contributed by atoms with E-state index in [-0.39, 0.29) is 23.7 Å². The van der Waals surface area contributed by atoms with Gasteiger partial charge in [0.25, 0.3) is 0 Å². The predicted octanol–water partition coefficient (Wildman–Crippen LogP) is 3.06. The predicted molar refractivity (Wildman–Crippen MR) is 64.2 cm³/mol. The van der Waals surface area contributed by atoms with E-state index in [1.807, 2.05) is 26.0 Å². The molecule has 1 N–H and O–H groups in total. The van der Waals surface area contributed by atoms with Gasteiger partial charge in [0.15, 0.2) is 11.6 Å². The Kier molecular flexibility index (Phi) is 4.50. The Morgan fingerprint density at radius 2 is 2.12 bits per heavy atom. The van der Waals surface area contributed by atoms with E-state index >= 15 is 0 Å². The van der Waals surface area contributed by atoms with Crippen molar-refractivity contribution in [1.29, 1.82) is 0 Å². The Labute approximate surface area is 96.1 Å². The number of nitrogens with one attached hydrogen (secondary N) is 1.